The Morgan fingerprint density at radius 2 is 2.41 bits per heavy atom. The van der Waals surface area contributed by atoms with E-state index in [1.165, 1.54) is 18.4 Å². The van der Waals surface area contributed by atoms with Gasteiger partial charge in [-0.2, -0.15) is 0 Å². The second-order valence-electron chi connectivity index (χ2n) is 4.78. The van der Waals surface area contributed by atoms with E-state index in [9.17, 15) is 0 Å². The van der Waals surface area contributed by atoms with Crippen LogP contribution in [-0.2, 0) is 17.9 Å². The van der Waals surface area contributed by atoms with Crippen molar-refractivity contribution in [1.29, 1.82) is 0 Å². The number of hydrogen-bond acceptors (Lipinski definition) is 3. The highest BCUT2D eigenvalue weighted by atomic mass is 16.5. The third kappa shape index (κ3) is 4.36. The van der Waals surface area contributed by atoms with Gasteiger partial charge in [0.05, 0.1) is 12.9 Å². The van der Waals surface area contributed by atoms with E-state index in [1.807, 2.05) is 13.0 Å². The Morgan fingerprint density at radius 3 is 3.12 bits per heavy atom. The summed E-state index contributed by atoms with van der Waals surface area (Å²) < 4.78 is 11.0. The molecule has 0 spiro atoms. The van der Waals surface area contributed by atoms with Crippen molar-refractivity contribution >= 4 is 0 Å². The van der Waals surface area contributed by atoms with Crippen LogP contribution in [0.25, 0.3) is 0 Å². The summed E-state index contributed by atoms with van der Waals surface area (Å²) in [7, 11) is 0. The Bertz CT molecular complexity index is 366. The zero-order chi connectivity index (χ0) is 12.1. The van der Waals surface area contributed by atoms with Crippen LogP contribution >= 0.6 is 0 Å². The van der Waals surface area contributed by atoms with Gasteiger partial charge in [-0.1, -0.05) is 5.57 Å². The van der Waals surface area contributed by atoms with Crippen molar-refractivity contribution in [2.75, 3.05) is 6.61 Å². The van der Waals surface area contributed by atoms with Gasteiger partial charge in [0.1, 0.15) is 12.4 Å². The summed E-state index contributed by atoms with van der Waals surface area (Å²) in [6.45, 7) is 8.03. The molecule has 1 aromatic heterocycles. The second-order valence-corrected chi connectivity index (χ2v) is 4.78. The first-order valence-corrected chi connectivity index (χ1v) is 6.26. The summed E-state index contributed by atoms with van der Waals surface area (Å²) in [5.74, 6) is 0.944. The van der Waals surface area contributed by atoms with Crippen LogP contribution in [0.5, 0.6) is 0 Å². The first-order valence-electron chi connectivity index (χ1n) is 6.26. The van der Waals surface area contributed by atoms with Gasteiger partial charge in [-0.25, -0.2) is 0 Å². The van der Waals surface area contributed by atoms with Gasteiger partial charge in [-0.05, 0) is 32.3 Å². The highest BCUT2D eigenvalue weighted by Gasteiger charge is 2.20. The molecule has 3 heteroatoms. The second kappa shape index (κ2) is 6.03. The summed E-state index contributed by atoms with van der Waals surface area (Å²) in [5.41, 5.74) is 2.37. The molecule has 1 saturated carbocycles. The molecule has 0 amide bonds. The number of rotatable bonds is 8. The topological polar surface area (TPSA) is 34.4 Å². The normalized spacial score (nSPS) is 15.1. The van der Waals surface area contributed by atoms with E-state index < -0.39 is 0 Å². The predicted molar refractivity (Wildman–Crippen MR) is 67.7 cm³/mol. The molecule has 1 aliphatic carbocycles. The monoisotopic (exact) mass is 235 g/mol. The predicted octanol–water partition coefficient (Wildman–Crippen LogP) is 3.01. The van der Waals surface area contributed by atoms with Crippen LogP contribution in [-0.4, -0.2) is 12.6 Å². The van der Waals surface area contributed by atoms with Crippen LogP contribution < -0.4 is 5.32 Å². The summed E-state index contributed by atoms with van der Waals surface area (Å²) in [4.78, 5) is 0. The fourth-order valence-electron chi connectivity index (χ4n) is 1.60. The lowest BCUT2D eigenvalue weighted by molar-refractivity contribution is 0.108. The average Bonchev–Trinajstić information content (AvgIpc) is 3.02. The van der Waals surface area contributed by atoms with Crippen molar-refractivity contribution in [1.82, 2.24) is 5.32 Å². The Balaban J connectivity index is 1.71. The Morgan fingerprint density at radius 1 is 1.59 bits per heavy atom. The minimum atomic E-state index is 0.558. The fourth-order valence-corrected chi connectivity index (χ4v) is 1.60. The summed E-state index contributed by atoms with van der Waals surface area (Å²) in [5, 5.41) is 3.48. The lowest BCUT2D eigenvalue weighted by Gasteiger charge is -2.05. The van der Waals surface area contributed by atoms with E-state index in [0.29, 0.717) is 13.2 Å². The molecule has 1 N–H and O–H groups in total. The van der Waals surface area contributed by atoms with Crippen LogP contribution in [0, 0.1) is 0 Å². The molecule has 0 aromatic carbocycles. The Kier molecular flexibility index (Phi) is 4.40. The SMILES string of the molecule is C=C(C)CCOCc1occc1CNC1CC1. The van der Waals surface area contributed by atoms with E-state index in [1.54, 1.807) is 6.26 Å². The maximum absolute atomic E-state index is 5.57. The summed E-state index contributed by atoms with van der Waals surface area (Å²) >= 11 is 0. The van der Waals surface area contributed by atoms with Gasteiger partial charge in [-0.3, -0.25) is 0 Å². The lowest BCUT2D eigenvalue weighted by atomic mass is 10.2. The summed E-state index contributed by atoms with van der Waals surface area (Å²) in [6, 6.07) is 2.74. The summed E-state index contributed by atoms with van der Waals surface area (Å²) in [6.07, 6.45) is 5.27. The molecule has 1 fully saturated rings. The van der Waals surface area contributed by atoms with Gasteiger partial charge in [0.25, 0.3) is 0 Å². The molecule has 1 aromatic rings. The molecule has 94 valence electrons. The highest BCUT2D eigenvalue weighted by Crippen LogP contribution is 2.20. The number of nitrogens with one attached hydrogen (secondary N) is 1. The third-order valence-corrected chi connectivity index (χ3v) is 2.90. The molecule has 17 heavy (non-hydrogen) atoms. The van der Waals surface area contributed by atoms with Gasteiger partial charge in [0.2, 0.25) is 0 Å². The molecule has 0 radical (unpaired) electrons. The standard InChI is InChI=1S/C14H21NO2/c1-11(2)5-7-16-10-14-12(6-8-17-14)9-15-13-3-4-13/h6,8,13,15H,1,3-5,7,9-10H2,2H3. The third-order valence-electron chi connectivity index (χ3n) is 2.90. The van der Waals surface area contributed by atoms with Crippen molar-refractivity contribution in [2.45, 2.75) is 45.4 Å². The van der Waals surface area contributed by atoms with Crippen LogP contribution in [0.4, 0.5) is 0 Å². The van der Waals surface area contributed by atoms with Crippen LogP contribution in [0.15, 0.2) is 28.9 Å². The maximum atomic E-state index is 5.57. The molecule has 0 aliphatic heterocycles. The largest absolute Gasteiger partial charge is 0.467 e. The van der Waals surface area contributed by atoms with E-state index in [0.717, 1.165) is 30.3 Å². The molecule has 1 heterocycles. The molecule has 0 saturated heterocycles. The van der Waals surface area contributed by atoms with Crippen LogP contribution in [0.1, 0.15) is 37.5 Å². The van der Waals surface area contributed by atoms with Gasteiger partial charge in [0, 0.05) is 18.2 Å². The van der Waals surface area contributed by atoms with Crippen molar-refractivity contribution in [2.24, 2.45) is 0 Å². The molecular formula is C14H21NO2. The quantitative estimate of drug-likeness (QED) is 0.555. The number of hydrogen-bond donors (Lipinski definition) is 1. The van der Waals surface area contributed by atoms with Crippen LogP contribution in [0.2, 0.25) is 0 Å². The van der Waals surface area contributed by atoms with Gasteiger partial charge in [0.15, 0.2) is 0 Å². The van der Waals surface area contributed by atoms with E-state index in [-0.39, 0.29) is 0 Å². The minimum absolute atomic E-state index is 0.558. The first kappa shape index (κ1) is 12.4. The van der Waals surface area contributed by atoms with Crippen LogP contribution in [0.3, 0.4) is 0 Å². The smallest absolute Gasteiger partial charge is 0.133 e. The van der Waals surface area contributed by atoms with Crippen molar-refractivity contribution in [3.05, 3.63) is 35.8 Å². The van der Waals surface area contributed by atoms with Crippen molar-refractivity contribution < 1.29 is 9.15 Å². The van der Waals surface area contributed by atoms with Gasteiger partial charge >= 0.3 is 0 Å². The zero-order valence-corrected chi connectivity index (χ0v) is 10.5. The Labute approximate surface area is 103 Å². The average molecular weight is 235 g/mol. The van der Waals surface area contributed by atoms with E-state index in [2.05, 4.69) is 11.9 Å². The first-order chi connectivity index (χ1) is 8.25. The minimum Gasteiger partial charge on any atom is -0.467 e. The molecule has 2 rings (SSSR count). The molecular weight excluding hydrogens is 214 g/mol. The maximum Gasteiger partial charge on any atom is 0.133 e. The van der Waals surface area contributed by atoms with Gasteiger partial charge < -0.3 is 14.5 Å². The molecule has 1 aliphatic rings. The van der Waals surface area contributed by atoms with Crippen molar-refractivity contribution in [3.63, 3.8) is 0 Å². The van der Waals surface area contributed by atoms with E-state index >= 15 is 0 Å². The zero-order valence-electron chi connectivity index (χ0n) is 10.5. The molecule has 3 nitrogen and oxygen atoms in total. The highest BCUT2D eigenvalue weighted by molar-refractivity contribution is 5.16. The lowest BCUT2D eigenvalue weighted by Crippen LogP contribution is -2.15. The number of furan rings is 1. The number of ether oxygens (including phenoxy) is 1. The van der Waals surface area contributed by atoms with Gasteiger partial charge in [-0.15, -0.1) is 6.58 Å². The fraction of sp³-hybridized carbons (Fsp3) is 0.571. The molecule has 0 atom stereocenters. The van der Waals surface area contributed by atoms with E-state index in [4.69, 9.17) is 9.15 Å². The van der Waals surface area contributed by atoms with Crippen molar-refractivity contribution in [3.8, 4) is 0 Å². The molecule has 0 bridgehead atoms. The Hall–Kier alpha value is -1.06. The molecule has 0 unspecified atom stereocenters.